The lowest BCUT2D eigenvalue weighted by molar-refractivity contribution is -0.380. The Morgan fingerprint density at radius 3 is 2.83 bits per heavy atom. The minimum atomic E-state index is -0.898. The van der Waals surface area contributed by atoms with Gasteiger partial charge < -0.3 is 19.3 Å². The van der Waals surface area contributed by atoms with Crippen molar-refractivity contribution in [1.29, 1.82) is 0 Å². The largest absolute Gasteiger partial charge is 0.496 e. The van der Waals surface area contributed by atoms with E-state index in [0.717, 1.165) is 35.5 Å². The van der Waals surface area contributed by atoms with E-state index in [1.807, 2.05) is 19.1 Å². The SMILES string of the molecule is COc1cc2c(cc1C)O[C@H]1CC[C@]13OC[C@]23O. The first-order valence-corrected chi connectivity index (χ1v) is 6.33. The van der Waals surface area contributed by atoms with Crippen LogP contribution in [0.2, 0.25) is 0 Å². The molecule has 1 aromatic carbocycles. The molecule has 1 aliphatic carbocycles. The average Bonchev–Trinajstić information content (AvgIpc) is 2.31. The first-order chi connectivity index (χ1) is 8.61. The Hall–Kier alpha value is -1.26. The summed E-state index contributed by atoms with van der Waals surface area (Å²) in [5.41, 5.74) is 0.434. The summed E-state index contributed by atoms with van der Waals surface area (Å²) in [5, 5.41) is 10.9. The molecule has 0 amide bonds. The highest BCUT2D eigenvalue weighted by Crippen LogP contribution is 2.62. The lowest BCUT2D eigenvalue weighted by Crippen LogP contribution is -2.79. The van der Waals surface area contributed by atoms with Crippen LogP contribution in [0, 0.1) is 6.92 Å². The molecule has 2 fully saturated rings. The molecule has 96 valence electrons. The fourth-order valence-corrected chi connectivity index (χ4v) is 3.47. The quantitative estimate of drug-likeness (QED) is 0.818. The average molecular weight is 248 g/mol. The Kier molecular flexibility index (Phi) is 1.78. The van der Waals surface area contributed by atoms with Crippen LogP contribution in [0.25, 0.3) is 0 Å². The maximum atomic E-state index is 10.9. The highest BCUT2D eigenvalue weighted by atomic mass is 16.6. The topological polar surface area (TPSA) is 47.9 Å². The van der Waals surface area contributed by atoms with Gasteiger partial charge in [0.15, 0.2) is 0 Å². The summed E-state index contributed by atoms with van der Waals surface area (Å²) in [6, 6.07) is 3.84. The summed E-state index contributed by atoms with van der Waals surface area (Å²) in [6.45, 7) is 2.33. The van der Waals surface area contributed by atoms with Crippen molar-refractivity contribution in [2.45, 2.75) is 37.1 Å². The fraction of sp³-hybridized carbons (Fsp3) is 0.571. The third-order valence-corrected chi connectivity index (χ3v) is 4.75. The summed E-state index contributed by atoms with van der Waals surface area (Å²) in [6.07, 6.45) is 1.81. The number of aryl methyl sites for hydroxylation is 1. The fourth-order valence-electron chi connectivity index (χ4n) is 3.47. The third-order valence-electron chi connectivity index (χ3n) is 4.75. The Balaban J connectivity index is 1.91. The molecule has 1 N–H and O–H groups in total. The Morgan fingerprint density at radius 2 is 2.28 bits per heavy atom. The number of ether oxygens (including phenoxy) is 3. The van der Waals surface area contributed by atoms with E-state index in [1.54, 1.807) is 7.11 Å². The van der Waals surface area contributed by atoms with Crippen LogP contribution in [-0.4, -0.2) is 30.5 Å². The molecule has 4 rings (SSSR count). The molecular weight excluding hydrogens is 232 g/mol. The Labute approximate surface area is 105 Å². The summed E-state index contributed by atoms with van der Waals surface area (Å²) in [4.78, 5) is 0. The molecule has 3 aliphatic rings. The van der Waals surface area contributed by atoms with Gasteiger partial charge in [0.1, 0.15) is 28.8 Å². The zero-order valence-corrected chi connectivity index (χ0v) is 10.5. The van der Waals surface area contributed by atoms with Crippen LogP contribution >= 0.6 is 0 Å². The van der Waals surface area contributed by atoms with Gasteiger partial charge in [0.05, 0.1) is 13.7 Å². The van der Waals surface area contributed by atoms with Crippen molar-refractivity contribution in [2.24, 2.45) is 0 Å². The van der Waals surface area contributed by atoms with Gasteiger partial charge in [-0.15, -0.1) is 0 Å². The van der Waals surface area contributed by atoms with Crippen molar-refractivity contribution in [3.05, 3.63) is 23.3 Å². The molecule has 1 spiro atoms. The number of rotatable bonds is 1. The molecule has 1 aromatic rings. The highest BCUT2D eigenvalue weighted by molar-refractivity contribution is 5.53. The van der Waals surface area contributed by atoms with Crippen molar-refractivity contribution < 1.29 is 19.3 Å². The van der Waals surface area contributed by atoms with E-state index >= 15 is 0 Å². The molecule has 0 unspecified atom stereocenters. The molecule has 0 aromatic heterocycles. The van der Waals surface area contributed by atoms with Crippen LogP contribution in [0.1, 0.15) is 24.0 Å². The molecule has 0 radical (unpaired) electrons. The third kappa shape index (κ3) is 0.929. The van der Waals surface area contributed by atoms with Gasteiger partial charge in [-0.25, -0.2) is 0 Å². The maximum Gasteiger partial charge on any atom is 0.149 e. The van der Waals surface area contributed by atoms with E-state index in [4.69, 9.17) is 14.2 Å². The standard InChI is InChI=1S/C14H16O4/c1-8-5-11-9(6-10(8)16-2)13(15)7-17-14(13)4-3-12(14)18-11/h5-6,12,15H,3-4,7H2,1-2H3/t12-,13-,14-/m0/s1. The summed E-state index contributed by atoms with van der Waals surface area (Å²) in [5.74, 6) is 1.56. The van der Waals surface area contributed by atoms with Gasteiger partial charge in [0, 0.05) is 5.56 Å². The van der Waals surface area contributed by atoms with Crippen molar-refractivity contribution in [1.82, 2.24) is 0 Å². The van der Waals surface area contributed by atoms with Gasteiger partial charge in [0.2, 0.25) is 0 Å². The van der Waals surface area contributed by atoms with E-state index in [2.05, 4.69) is 0 Å². The number of benzene rings is 1. The number of hydrogen-bond donors (Lipinski definition) is 1. The molecule has 0 bridgehead atoms. The molecule has 18 heavy (non-hydrogen) atoms. The number of methoxy groups -OCH3 is 1. The van der Waals surface area contributed by atoms with Crippen molar-refractivity contribution in [2.75, 3.05) is 13.7 Å². The highest BCUT2D eigenvalue weighted by Gasteiger charge is 2.73. The van der Waals surface area contributed by atoms with E-state index in [9.17, 15) is 5.11 Å². The normalized spacial score (nSPS) is 39.4. The van der Waals surface area contributed by atoms with Gasteiger partial charge in [-0.2, -0.15) is 0 Å². The molecule has 1 saturated carbocycles. The smallest absolute Gasteiger partial charge is 0.149 e. The first kappa shape index (κ1) is 10.6. The van der Waals surface area contributed by atoms with Crippen molar-refractivity contribution in [3.63, 3.8) is 0 Å². The molecule has 4 heteroatoms. The Bertz CT molecular complexity index is 537. The minimum absolute atomic E-state index is 0.00320. The molecule has 4 nitrogen and oxygen atoms in total. The van der Waals surface area contributed by atoms with Gasteiger partial charge in [-0.1, -0.05) is 0 Å². The summed E-state index contributed by atoms with van der Waals surface area (Å²) >= 11 is 0. The maximum absolute atomic E-state index is 10.9. The summed E-state index contributed by atoms with van der Waals surface area (Å²) in [7, 11) is 1.64. The van der Waals surface area contributed by atoms with Gasteiger partial charge in [0.25, 0.3) is 0 Å². The molecule has 2 heterocycles. The predicted molar refractivity (Wildman–Crippen MR) is 64.0 cm³/mol. The zero-order valence-electron chi connectivity index (χ0n) is 10.5. The van der Waals surface area contributed by atoms with Gasteiger partial charge in [-0.05, 0) is 37.5 Å². The lowest BCUT2D eigenvalue weighted by atomic mass is 9.58. The summed E-state index contributed by atoms with van der Waals surface area (Å²) < 4.78 is 17.0. The van der Waals surface area contributed by atoms with E-state index in [0.29, 0.717) is 6.61 Å². The van der Waals surface area contributed by atoms with Crippen LogP contribution in [-0.2, 0) is 10.3 Å². The second-order valence-electron chi connectivity index (χ2n) is 5.50. The lowest BCUT2D eigenvalue weighted by Gasteiger charge is -2.66. The van der Waals surface area contributed by atoms with Crippen LogP contribution in [0.4, 0.5) is 0 Å². The van der Waals surface area contributed by atoms with Crippen LogP contribution in [0.5, 0.6) is 11.5 Å². The molecule has 2 aliphatic heterocycles. The monoisotopic (exact) mass is 248 g/mol. The first-order valence-electron chi connectivity index (χ1n) is 6.33. The second-order valence-corrected chi connectivity index (χ2v) is 5.50. The second kappa shape index (κ2) is 3.00. The predicted octanol–water partition coefficient (Wildman–Crippen LogP) is 1.52. The van der Waals surface area contributed by atoms with Crippen LogP contribution < -0.4 is 9.47 Å². The number of hydrogen-bond acceptors (Lipinski definition) is 4. The minimum Gasteiger partial charge on any atom is -0.496 e. The van der Waals surface area contributed by atoms with Crippen LogP contribution in [0.15, 0.2) is 12.1 Å². The number of fused-ring (bicyclic) bond motifs is 2. The van der Waals surface area contributed by atoms with Gasteiger partial charge in [-0.3, -0.25) is 0 Å². The van der Waals surface area contributed by atoms with Crippen molar-refractivity contribution >= 4 is 0 Å². The van der Waals surface area contributed by atoms with Crippen LogP contribution in [0.3, 0.4) is 0 Å². The van der Waals surface area contributed by atoms with Gasteiger partial charge >= 0.3 is 0 Å². The molecular formula is C14H16O4. The Morgan fingerprint density at radius 1 is 1.44 bits per heavy atom. The van der Waals surface area contributed by atoms with Crippen molar-refractivity contribution in [3.8, 4) is 11.5 Å². The zero-order chi connectivity index (χ0) is 12.5. The molecule has 3 atom stereocenters. The van der Waals surface area contributed by atoms with E-state index in [-0.39, 0.29) is 6.10 Å². The van der Waals surface area contributed by atoms with E-state index < -0.39 is 11.2 Å². The number of aliphatic hydroxyl groups is 1. The molecule has 1 saturated heterocycles. The van der Waals surface area contributed by atoms with E-state index in [1.165, 1.54) is 0 Å².